The fraction of sp³-hybridized carbons (Fsp3) is 0.467. The van der Waals surface area contributed by atoms with Crippen molar-refractivity contribution in [3.8, 4) is 5.75 Å². The molecule has 1 aromatic rings. The van der Waals surface area contributed by atoms with Crippen LogP contribution in [0.2, 0.25) is 0 Å². The number of methoxy groups -OCH3 is 2. The molecule has 1 aromatic carbocycles. The molecule has 122 valence electrons. The maximum absolute atomic E-state index is 11.2. The van der Waals surface area contributed by atoms with Crippen LogP contribution < -0.4 is 21.1 Å². The van der Waals surface area contributed by atoms with Gasteiger partial charge in [-0.3, -0.25) is 4.79 Å². The predicted octanol–water partition coefficient (Wildman–Crippen LogP) is 1.09. The zero-order valence-corrected chi connectivity index (χ0v) is 13.5. The number of nitrogens with zero attached hydrogens (tertiary/aromatic N) is 1. The number of carbonyl (C=O) groups excluding carboxylic acids is 1. The lowest BCUT2D eigenvalue weighted by atomic mass is 10.2. The number of guanidine groups is 1. The average molecular weight is 308 g/mol. The largest absolute Gasteiger partial charge is 0.495 e. The first kappa shape index (κ1) is 17.8. The minimum absolute atomic E-state index is 0.0829. The summed E-state index contributed by atoms with van der Waals surface area (Å²) in [6.07, 6.45) is 0. The molecule has 0 aromatic heterocycles. The number of nitrogens with one attached hydrogen (secondary N) is 2. The number of hydrogen-bond acceptors (Lipinski definition) is 4. The summed E-state index contributed by atoms with van der Waals surface area (Å²) in [5.41, 5.74) is 7.34. The molecule has 0 saturated heterocycles. The third-order valence-corrected chi connectivity index (χ3v) is 2.82. The van der Waals surface area contributed by atoms with Crippen LogP contribution in [0.3, 0.4) is 0 Å². The van der Waals surface area contributed by atoms with Gasteiger partial charge in [-0.25, -0.2) is 4.99 Å². The lowest BCUT2D eigenvalue weighted by molar-refractivity contribution is -0.114. The smallest absolute Gasteiger partial charge is 0.221 e. The lowest BCUT2D eigenvalue weighted by Gasteiger charge is -2.13. The van der Waals surface area contributed by atoms with Crippen LogP contribution in [0.15, 0.2) is 23.2 Å². The van der Waals surface area contributed by atoms with Crippen molar-refractivity contribution in [2.24, 2.45) is 10.7 Å². The summed E-state index contributed by atoms with van der Waals surface area (Å²) in [6, 6.07) is 5.56. The molecule has 0 radical (unpaired) electrons. The Morgan fingerprint density at radius 3 is 2.73 bits per heavy atom. The van der Waals surface area contributed by atoms with Crippen LogP contribution in [-0.2, 0) is 16.1 Å². The highest BCUT2D eigenvalue weighted by Gasteiger charge is 2.06. The number of hydrogen-bond donors (Lipinski definition) is 3. The van der Waals surface area contributed by atoms with E-state index >= 15 is 0 Å². The van der Waals surface area contributed by atoms with Gasteiger partial charge in [-0.05, 0) is 24.6 Å². The number of anilines is 1. The van der Waals surface area contributed by atoms with E-state index in [9.17, 15) is 4.79 Å². The molecule has 1 rings (SSSR count). The number of benzene rings is 1. The maximum Gasteiger partial charge on any atom is 0.221 e. The van der Waals surface area contributed by atoms with Gasteiger partial charge in [0.15, 0.2) is 5.96 Å². The van der Waals surface area contributed by atoms with Gasteiger partial charge in [0.1, 0.15) is 5.75 Å². The van der Waals surface area contributed by atoms with Crippen LogP contribution in [-0.4, -0.2) is 38.7 Å². The number of aliphatic imine (C=N–C) groups is 1. The van der Waals surface area contributed by atoms with Crippen molar-refractivity contribution < 1.29 is 14.3 Å². The Morgan fingerprint density at radius 1 is 1.41 bits per heavy atom. The van der Waals surface area contributed by atoms with Gasteiger partial charge in [0.25, 0.3) is 0 Å². The Hall–Kier alpha value is -2.28. The molecular formula is C15H24N4O3. The highest BCUT2D eigenvalue weighted by atomic mass is 16.5. The van der Waals surface area contributed by atoms with E-state index in [1.807, 2.05) is 19.1 Å². The molecule has 1 amide bonds. The zero-order chi connectivity index (χ0) is 16.5. The first-order valence-corrected chi connectivity index (χ1v) is 6.96. The van der Waals surface area contributed by atoms with Crippen molar-refractivity contribution >= 4 is 17.6 Å². The Kier molecular flexibility index (Phi) is 7.18. The number of ether oxygens (including phenoxy) is 2. The molecule has 0 saturated carbocycles. The number of amides is 1. The second-order valence-electron chi connectivity index (χ2n) is 4.92. The van der Waals surface area contributed by atoms with E-state index in [2.05, 4.69) is 15.6 Å². The minimum atomic E-state index is -0.159. The second kappa shape index (κ2) is 8.89. The van der Waals surface area contributed by atoms with E-state index in [4.69, 9.17) is 15.2 Å². The van der Waals surface area contributed by atoms with Crippen molar-refractivity contribution in [2.75, 3.05) is 26.1 Å². The van der Waals surface area contributed by atoms with E-state index < -0.39 is 0 Å². The summed E-state index contributed by atoms with van der Waals surface area (Å²) in [7, 11) is 3.18. The fourth-order valence-corrected chi connectivity index (χ4v) is 1.91. The van der Waals surface area contributed by atoms with Crippen molar-refractivity contribution in [1.82, 2.24) is 5.32 Å². The molecule has 0 heterocycles. The van der Waals surface area contributed by atoms with Crippen LogP contribution >= 0.6 is 0 Å². The Bertz CT molecular complexity index is 532. The number of rotatable bonds is 7. The standard InChI is InChI=1S/C15H24N4O3/c1-10(9-21-3)18-15(16)17-8-12-5-6-14(22-4)13(7-12)19-11(2)20/h5-7,10H,8-9H2,1-4H3,(H,19,20)(H3,16,17,18). The summed E-state index contributed by atoms with van der Waals surface area (Å²) in [6.45, 7) is 4.35. The van der Waals surface area contributed by atoms with Crippen LogP contribution in [0.4, 0.5) is 5.69 Å². The molecule has 7 nitrogen and oxygen atoms in total. The van der Waals surface area contributed by atoms with Gasteiger partial charge in [0, 0.05) is 20.1 Å². The number of carbonyl (C=O) groups is 1. The molecule has 0 aliphatic carbocycles. The monoisotopic (exact) mass is 308 g/mol. The molecule has 0 fully saturated rings. The SMILES string of the molecule is COCC(C)NC(N)=NCc1ccc(OC)c(NC(C)=O)c1. The molecule has 0 aliphatic rings. The normalized spacial score (nSPS) is 12.6. The fourth-order valence-electron chi connectivity index (χ4n) is 1.91. The molecule has 1 atom stereocenters. The van der Waals surface area contributed by atoms with Gasteiger partial charge in [0.2, 0.25) is 5.91 Å². The van der Waals surface area contributed by atoms with Gasteiger partial charge >= 0.3 is 0 Å². The van der Waals surface area contributed by atoms with Gasteiger partial charge in [0.05, 0.1) is 25.9 Å². The van der Waals surface area contributed by atoms with Gasteiger partial charge in [-0.1, -0.05) is 6.07 Å². The third-order valence-electron chi connectivity index (χ3n) is 2.82. The summed E-state index contributed by atoms with van der Waals surface area (Å²) in [5.74, 6) is 0.790. The predicted molar refractivity (Wildman–Crippen MR) is 87.1 cm³/mol. The van der Waals surface area contributed by atoms with Crippen LogP contribution in [0.25, 0.3) is 0 Å². The molecule has 4 N–H and O–H groups in total. The van der Waals surface area contributed by atoms with Crippen molar-refractivity contribution in [1.29, 1.82) is 0 Å². The van der Waals surface area contributed by atoms with E-state index in [0.717, 1.165) is 5.56 Å². The second-order valence-corrected chi connectivity index (χ2v) is 4.92. The van der Waals surface area contributed by atoms with Crippen LogP contribution in [0.1, 0.15) is 19.4 Å². The first-order chi connectivity index (χ1) is 10.5. The molecule has 7 heteroatoms. The average Bonchev–Trinajstić information content (AvgIpc) is 2.45. The molecule has 22 heavy (non-hydrogen) atoms. The van der Waals surface area contributed by atoms with Crippen LogP contribution in [0.5, 0.6) is 5.75 Å². The first-order valence-electron chi connectivity index (χ1n) is 6.96. The topological polar surface area (TPSA) is 98.0 Å². The highest BCUT2D eigenvalue weighted by molar-refractivity contribution is 5.90. The van der Waals surface area contributed by atoms with Crippen LogP contribution in [0, 0.1) is 0 Å². The summed E-state index contributed by atoms with van der Waals surface area (Å²) >= 11 is 0. The molecule has 1 unspecified atom stereocenters. The molecule has 0 spiro atoms. The van der Waals surface area contributed by atoms with E-state index in [0.29, 0.717) is 30.5 Å². The van der Waals surface area contributed by atoms with E-state index in [1.54, 1.807) is 20.3 Å². The Morgan fingerprint density at radius 2 is 2.14 bits per heavy atom. The minimum Gasteiger partial charge on any atom is -0.495 e. The van der Waals surface area contributed by atoms with Gasteiger partial charge in [-0.2, -0.15) is 0 Å². The maximum atomic E-state index is 11.2. The Balaban J connectivity index is 2.74. The lowest BCUT2D eigenvalue weighted by Crippen LogP contribution is -2.40. The molecule has 0 aliphatic heterocycles. The van der Waals surface area contributed by atoms with Crippen molar-refractivity contribution in [2.45, 2.75) is 26.4 Å². The van der Waals surface area contributed by atoms with Crippen molar-refractivity contribution in [3.63, 3.8) is 0 Å². The molecular weight excluding hydrogens is 284 g/mol. The van der Waals surface area contributed by atoms with Gasteiger partial charge < -0.3 is 25.8 Å². The summed E-state index contributed by atoms with van der Waals surface area (Å²) < 4.78 is 10.2. The number of nitrogens with two attached hydrogens (primary N) is 1. The van der Waals surface area contributed by atoms with E-state index in [-0.39, 0.29) is 11.9 Å². The summed E-state index contributed by atoms with van der Waals surface area (Å²) in [5, 5.41) is 5.75. The van der Waals surface area contributed by atoms with Crippen molar-refractivity contribution in [3.05, 3.63) is 23.8 Å². The summed E-state index contributed by atoms with van der Waals surface area (Å²) in [4.78, 5) is 15.5. The van der Waals surface area contributed by atoms with E-state index in [1.165, 1.54) is 6.92 Å². The van der Waals surface area contributed by atoms with Gasteiger partial charge in [-0.15, -0.1) is 0 Å². The highest BCUT2D eigenvalue weighted by Crippen LogP contribution is 2.25. The quantitative estimate of drug-likeness (QED) is 0.517. The molecule has 0 bridgehead atoms. The zero-order valence-electron chi connectivity index (χ0n) is 13.5. The Labute approximate surface area is 130 Å². The third kappa shape index (κ3) is 6.01.